The van der Waals surface area contributed by atoms with Crippen molar-refractivity contribution in [2.75, 3.05) is 38.7 Å². The number of carbonyl (C=O) groups is 1. The number of aromatic nitrogens is 1. The van der Waals surface area contributed by atoms with Crippen LogP contribution in [0.2, 0.25) is 5.02 Å². The molecule has 3 rings (SSSR count). The monoisotopic (exact) mass is 319 g/mol. The van der Waals surface area contributed by atoms with Crippen LogP contribution in [-0.4, -0.2) is 55.7 Å². The van der Waals surface area contributed by atoms with Gasteiger partial charge in [-0.1, -0.05) is 11.6 Å². The van der Waals surface area contributed by atoms with E-state index in [-0.39, 0.29) is 5.91 Å². The second-order valence-corrected chi connectivity index (χ2v) is 5.97. The van der Waals surface area contributed by atoms with Crippen molar-refractivity contribution in [1.29, 1.82) is 0 Å². The summed E-state index contributed by atoms with van der Waals surface area (Å²) in [5.41, 5.74) is 1.93. The maximum Gasteiger partial charge on any atom is 0.253 e. The van der Waals surface area contributed by atoms with E-state index < -0.39 is 6.10 Å². The van der Waals surface area contributed by atoms with Gasteiger partial charge >= 0.3 is 0 Å². The number of halogens is 1. The van der Waals surface area contributed by atoms with Gasteiger partial charge in [0.25, 0.3) is 5.91 Å². The number of morpholine rings is 1. The number of ether oxygens (including phenoxy) is 1. The molecule has 1 aliphatic rings. The molecule has 0 bridgehead atoms. The van der Waals surface area contributed by atoms with Crippen molar-refractivity contribution in [2.45, 2.75) is 6.10 Å². The molecule has 1 atom stereocenters. The Morgan fingerprint density at radius 2 is 2.23 bits per heavy atom. The SMILES string of the molecule is CN(C)C(=O)C1CN(c2ccnc3ccc(Cl)cc23)CCO1. The summed E-state index contributed by atoms with van der Waals surface area (Å²) < 4.78 is 5.61. The fraction of sp³-hybridized carbons (Fsp3) is 0.375. The highest BCUT2D eigenvalue weighted by molar-refractivity contribution is 6.31. The lowest BCUT2D eigenvalue weighted by atomic mass is 10.1. The molecule has 6 heteroatoms. The molecule has 1 saturated heterocycles. The lowest BCUT2D eigenvalue weighted by Crippen LogP contribution is -2.49. The molecule has 0 aliphatic carbocycles. The van der Waals surface area contributed by atoms with E-state index in [1.165, 1.54) is 0 Å². The molecule has 1 unspecified atom stereocenters. The minimum atomic E-state index is -0.439. The summed E-state index contributed by atoms with van der Waals surface area (Å²) in [6.07, 6.45) is 1.34. The van der Waals surface area contributed by atoms with E-state index in [1.54, 1.807) is 25.2 Å². The average molecular weight is 320 g/mol. The molecule has 116 valence electrons. The number of likely N-dealkylation sites (N-methyl/N-ethyl adjacent to an activating group) is 1. The first kappa shape index (κ1) is 15.1. The van der Waals surface area contributed by atoms with Crippen LogP contribution in [0.1, 0.15) is 0 Å². The predicted octanol–water partition coefficient (Wildman–Crippen LogP) is 2.18. The lowest BCUT2D eigenvalue weighted by molar-refractivity contribution is -0.141. The smallest absolute Gasteiger partial charge is 0.253 e. The zero-order valence-electron chi connectivity index (χ0n) is 12.6. The van der Waals surface area contributed by atoms with Gasteiger partial charge in [0.05, 0.1) is 18.7 Å². The molecular formula is C16H18ClN3O2. The zero-order valence-corrected chi connectivity index (χ0v) is 13.4. The number of fused-ring (bicyclic) bond motifs is 1. The maximum atomic E-state index is 12.1. The minimum Gasteiger partial charge on any atom is -0.365 e. The number of amides is 1. The Kier molecular flexibility index (Phi) is 4.18. The fourth-order valence-electron chi connectivity index (χ4n) is 2.69. The van der Waals surface area contributed by atoms with Gasteiger partial charge in [-0.3, -0.25) is 9.78 Å². The number of benzene rings is 1. The third-order valence-corrected chi connectivity index (χ3v) is 4.04. The summed E-state index contributed by atoms with van der Waals surface area (Å²) in [5, 5.41) is 1.67. The third kappa shape index (κ3) is 2.87. The Morgan fingerprint density at radius 1 is 1.41 bits per heavy atom. The Bertz CT molecular complexity index is 705. The maximum absolute atomic E-state index is 12.1. The Labute approximate surface area is 134 Å². The largest absolute Gasteiger partial charge is 0.365 e. The summed E-state index contributed by atoms with van der Waals surface area (Å²) in [6.45, 7) is 1.79. The third-order valence-electron chi connectivity index (χ3n) is 3.80. The normalized spacial score (nSPS) is 18.5. The van der Waals surface area contributed by atoms with Crippen molar-refractivity contribution in [1.82, 2.24) is 9.88 Å². The molecule has 0 radical (unpaired) electrons. The van der Waals surface area contributed by atoms with Crippen LogP contribution in [0.3, 0.4) is 0 Å². The molecule has 0 N–H and O–H groups in total. The topological polar surface area (TPSA) is 45.7 Å². The average Bonchev–Trinajstić information content (AvgIpc) is 2.53. The summed E-state index contributed by atoms with van der Waals surface area (Å²) in [7, 11) is 3.48. The van der Waals surface area contributed by atoms with Gasteiger partial charge in [-0.05, 0) is 24.3 Å². The van der Waals surface area contributed by atoms with Crippen LogP contribution in [0.5, 0.6) is 0 Å². The lowest BCUT2D eigenvalue weighted by Gasteiger charge is -2.35. The number of carbonyl (C=O) groups excluding carboxylic acids is 1. The van der Waals surface area contributed by atoms with Gasteiger partial charge in [-0.2, -0.15) is 0 Å². The quantitative estimate of drug-likeness (QED) is 0.851. The molecule has 0 saturated carbocycles. The molecule has 5 nitrogen and oxygen atoms in total. The first-order valence-electron chi connectivity index (χ1n) is 7.18. The summed E-state index contributed by atoms with van der Waals surface area (Å²) in [6, 6.07) is 7.61. The van der Waals surface area contributed by atoms with E-state index in [0.717, 1.165) is 23.1 Å². The van der Waals surface area contributed by atoms with Crippen molar-refractivity contribution in [2.24, 2.45) is 0 Å². The van der Waals surface area contributed by atoms with Crippen molar-refractivity contribution in [3.8, 4) is 0 Å². The van der Waals surface area contributed by atoms with Crippen LogP contribution in [0, 0.1) is 0 Å². The molecule has 1 fully saturated rings. The van der Waals surface area contributed by atoms with Crippen LogP contribution in [0.15, 0.2) is 30.5 Å². The van der Waals surface area contributed by atoms with E-state index >= 15 is 0 Å². The Hall–Kier alpha value is -1.85. The first-order chi connectivity index (χ1) is 10.6. The summed E-state index contributed by atoms with van der Waals surface area (Å²) in [4.78, 5) is 20.2. The minimum absolute atomic E-state index is 0.0129. The number of hydrogen-bond acceptors (Lipinski definition) is 4. The Morgan fingerprint density at radius 3 is 3.00 bits per heavy atom. The van der Waals surface area contributed by atoms with Gasteiger partial charge in [-0.25, -0.2) is 0 Å². The first-order valence-corrected chi connectivity index (χ1v) is 7.56. The number of nitrogens with zero attached hydrogens (tertiary/aromatic N) is 3. The zero-order chi connectivity index (χ0) is 15.7. The van der Waals surface area contributed by atoms with Gasteiger partial charge in [0, 0.05) is 42.9 Å². The highest BCUT2D eigenvalue weighted by atomic mass is 35.5. The summed E-state index contributed by atoms with van der Waals surface area (Å²) >= 11 is 6.12. The van der Waals surface area contributed by atoms with Gasteiger partial charge in [-0.15, -0.1) is 0 Å². The molecule has 22 heavy (non-hydrogen) atoms. The number of pyridine rings is 1. The highest BCUT2D eigenvalue weighted by Crippen LogP contribution is 2.29. The van der Waals surface area contributed by atoms with Crippen LogP contribution >= 0.6 is 11.6 Å². The highest BCUT2D eigenvalue weighted by Gasteiger charge is 2.28. The molecule has 1 aliphatic heterocycles. The number of rotatable bonds is 2. The van der Waals surface area contributed by atoms with Gasteiger partial charge < -0.3 is 14.5 Å². The fourth-order valence-corrected chi connectivity index (χ4v) is 2.86. The van der Waals surface area contributed by atoms with Crippen molar-refractivity contribution < 1.29 is 9.53 Å². The van der Waals surface area contributed by atoms with Crippen LogP contribution in [0.4, 0.5) is 5.69 Å². The Balaban J connectivity index is 1.93. The summed E-state index contributed by atoms with van der Waals surface area (Å²) in [5.74, 6) is -0.0129. The second kappa shape index (κ2) is 6.10. The second-order valence-electron chi connectivity index (χ2n) is 5.53. The van der Waals surface area contributed by atoms with Crippen molar-refractivity contribution in [3.63, 3.8) is 0 Å². The molecule has 1 aromatic carbocycles. The van der Waals surface area contributed by atoms with E-state index in [4.69, 9.17) is 16.3 Å². The van der Waals surface area contributed by atoms with E-state index in [1.807, 2.05) is 24.3 Å². The molecule has 1 amide bonds. The van der Waals surface area contributed by atoms with E-state index in [0.29, 0.717) is 18.2 Å². The molecule has 1 aromatic heterocycles. The molecular weight excluding hydrogens is 302 g/mol. The van der Waals surface area contributed by atoms with E-state index in [9.17, 15) is 4.79 Å². The standard InChI is InChI=1S/C16H18ClN3O2/c1-19(2)16(21)15-10-20(7-8-22-15)14-5-6-18-13-4-3-11(17)9-12(13)14/h3-6,9,15H,7-8,10H2,1-2H3. The molecule has 2 heterocycles. The van der Waals surface area contributed by atoms with Crippen LogP contribution < -0.4 is 4.90 Å². The van der Waals surface area contributed by atoms with Crippen LogP contribution in [-0.2, 0) is 9.53 Å². The number of anilines is 1. The van der Waals surface area contributed by atoms with Gasteiger partial charge in [0.1, 0.15) is 0 Å². The van der Waals surface area contributed by atoms with E-state index in [2.05, 4.69) is 9.88 Å². The molecule has 0 spiro atoms. The number of hydrogen-bond donors (Lipinski definition) is 0. The van der Waals surface area contributed by atoms with Crippen LogP contribution in [0.25, 0.3) is 10.9 Å². The van der Waals surface area contributed by atoms with Crippen molar-refractivity contribution >= 4 is 34.1 Å². The van der Waals surface area contributed by atoms with Gasteiger partial charge in [0.15, 0.2) is 6.10 Å². The van der Waals surface area contributed by atoms with Gasteiger partial charge in [0.2, 0.25) is 0 Å². The molecule has 2 aromatic rings. The predicted molar refractivity (Wildman–Crippen MR) is 87.4 cm³/mol. The van der Waals surface area contributed by atoms with Crippen molar-refractivity contribution in [3.05, 3.63) is 35.5 Å².